The van der Waals surface area contributed by atoms with Crippen LogP contribution in [0, 0.1) is 11.3 Å². The van der Waals surface area contributed by atoms with Crippen molar-refractivity contribution in [1.82, 2.24) is 4.98 Å². The van der Waals surface area contributed by atoms with Crippen molar-refractivity contribution in [2.45, 2.75) is 6.42 Å². The third-order valence-corrected chi connectivity index (χ3v) is 3.44. The van der Waals surface area contributed by atoms with Crippen molar-refractivity contribution >= 4 is 34.8 Å². The number of aromatic nitrogens is 1. The molecule has 2 rings (SSSR count). The molecule has 5 heteroatoms. The molecule has 0 bridgehead atoms. The lowest BCUT2D eigenvalue weighted by Crippen LogP contribution is -1.88. The number of hydrogen-bond acceptors (Lipinski definition) is 2. The average molecular weight is 298 g/mol. The zero-order chi connectivity index (χ0) is 13.1. The summed E-state index contributed by atoms with van der Waals surface area (Å²) in [5.74, 6) is 0. The predicted octanol–water partition coefficient (Wildman–Crippen LogP) is 4.77. The van der Waals surface area contributed by atoms with Gasteiger partial charge in [-0.2, -0.15) is 5.26 Å². The highest BCUT2D eigenvalue weighted by Crippen LogP contribution is 2.34. The van der Waals surface area contributed by atoms with Crippen molar-refractivity contribution in [2.24, 2.45) is 0 Å². The van der Waals surface area contributed by atoms with Crippen LogP contribution in [0.15, 0.2) is 30.5 Å². The lowest BCUT2D eigenvalue weighted by Gasteiger charge is -2.06. The van der Waals surface area contributed by atoms with Gasteiger partial charge >= 0.3 is 0 Å². The molecular weight excluding hydrogens is 291 g/mol. The Bertz CT molecular complexity index is 615. The summed E-state index contributed by atoms with van der Waals surface area (Å²) >= 11 is 17.9. The molecule has 0 aliphatic heterocycles. The maximum absolute atomic E-state index is 8.57. The smallest absolute Gasteiger partial charge is 0.0774 e. The molecule has 0 fully saturated rings. The van der Waals surface area contributed by atoms with Crippen LogP contribution in [-0.2, 0) is 6.42 Å². The summed E-state index contributed by atoms with van der Waals surface area (Å²) < 4.78 is 0. The topological polar surface area (TPSA) is 36.7 Å². The van der Waals surface area contributed by atoms with E-state index in [-0.39, 0.29) is 6.42 Å². The molecule has 0 atom stereocenters. The quantitative estimate of drug-likeness (QED) is 0.748. The molecule has 0 unspecified atom stereocenters. The van der Waals surface area contributed by atoms with E-state index in [4.69, 9.17) is 40.1 Å². The van der Waals surface area contributed by atoms with Gasteiger partial charge in [-0.3, -0.25) is 4.98 Å². The van der Waals surface area contributed by atoms with Crippen molar-refractivity contribution in [3.05, 3.63) is 51.2 Å². The van der Waals surface area contributed by atoms with Gasteiger partial charge in [0.25, 0.3) is 0 Å². The maximum atomic E-state index is 8.57. The first-order valence-corrected chi connectivity index (χ1v) is 6.22. The van der Waals surface area contributed by atoms with Crippen LogP contribution in [0.5, 0.6) is 0 Å². The number of nitrogens with zero attached hydrogens (tertiary/aromatic N) is 2. The minimum absolute atomic E-state index is 0.287. The zero-order valence-corrected chi connectivity index (χ0v) is 11.4. The molecule has 0 saturated heterocycles. The first kappa shape index (κ1) is 13.2. The summed E-state index contributed by atoms with van der Waals surface area (Å²) in [6.07, 6.45) is 1.95. The summed E-state index contributed by atoms with van der Waals surface area (Å²) in [7, 11) is 0. The number of pyridine rings is 1. The van der Waals surface area contributed by atoms with Crippen molar-refractivity contribution < 1.29 is 0 Å². The van der Waals surface area contributed by atoms with E-state index in [0.29, 0.717) is 15.1 Å². The van der Waals surface area contributed by atoms with Crippen molar-refractivity contribution in [1.29, 1.82) is 5.26 Å². The van der Waals surface area contributed by atoms with E-state index in [2.05, 4.69) is 4.98 Å². The molecule has 0 saturated carbocycles. The van der Waals surface area contributed by atoms with Gasteiger partial charge in [0, 0.05) is 17.3 Å². The van der Waals surface area contributed by atoms with Crippen LogP contribution in [-0.4, -0.2) is 4.98 Å². The second-order valence-corrected chi connectivity index (χ2v) is 4.84. The number of nitriles is 1. The Morgan fingerprint density at radius 2 is 1.78 bits per heavy atom. The molecule has 1 aromatic carbocycles. The molecule has 90 valence electrons. The normalized spacial score (nSPS) is 10.1. The second-order valence-electron chi connectivity index (χ2n) is 3.62. The minimum atomic E-state index is 0.287. The highest BCUT2D eigenvalue weighted by atomic mass is 35.5. The fraction of sp³-hybridized carbons (Fsp3) is 0.0769. The van der Waals surface area contributed by atoms with Crippen molar-refractivity contribution in [2.75, 3.05) is 0 Å². The lowest BCUT2D eigenvalue weighted by molar-refractivity contribution is 1.12. The average Bonchev–Trinajstić information content (AvgIpc) is 2.35. The van der Waals surface area contributed by atoms with E-state index in [9.17, 15) is 0 Å². The van der Waals surface area contributed by atoms with Crippen LogP contribution >= 0.6 is 34.8 Å². The van der Waals surface area contributed by atoms with Crippen LogP contribution in [0.25, 0.3) is 11.1 Å². The Labute approximate surface area is 120 Å². The van der Waals surface area contributed by atoms with Gasteiger partial charge in [0.2, 0.25) is 0 Å². The highest BCUT2D eigenvalue weighted by Gasteiger charge is 2.08. The van der Waals surface area contributed by atoms with E-state index in [1.165, 1.54) is 0 Å². The van der Waals surface area contributed by atoms with Gasteiger partial charge in [-0.05, 0) is 18.2 Å². The highest BCUT2D eigenvalue weighted by molar-refractivity contribution is 6.44. The first-order chi connectivity index (χ1) is 8.61. The van der Waals surface area contributed by atoms with E-state index in [1.54, 1.807) is 24.4 Å². The fourth-order valence-corrected chi connectivity index (χ4v) is 2.17. The summed E-state index contributed by atoms with van der Waals surface area (Å²) in [6.45, 7) is 0. The standard InChI is InChI=1S/C13H7Cl3N2/c14-11-6-13(16)12(15)5-10(11)8-1-2-9(3-4-17)18-7-8/h1-2,5-7H,3H2. The Morgan fingerprint density at radius 1 is 1.06 bits per heavy atom. The van der Waals surface area contributed by atoms with Gasteiger partial charge in [-0.1, -0.05) is 40.9 Å². The van der Waals surface area contributed by atoms with Gasteiger partial charge in [-0.25, -0.2) is 0 Å². The Kier molecular flexibility index (Phi) is 4.08. The Morgan fingerprint density at radius 3 is 2.39 bits per heavy atom. The first-order valence-electron chi connectivity index (χ1n) is 5.08. The fourth-order valence-electron chi connectivity index (χ4n) is 1.51. The molecule has 2 nitrogen and oxygen atoms in total. The third-order valence-electron chi connectivity index (χ3n) is 2.41. The largest absolute Gasteiger partial charge is 0.260 e. The molecular formula is C13H7Cl3N2. The Hall–Kier alpha value is -1.27. The number of rotatable bonds is 2. The molecule has 0 radical (unpaired) electrons. The number of hydrogen-bond donors (Lipinski definition) is 0. The molecule has 0 N–H and O–H groups in total. The van der Waals surface area contributed by atoms with E-state index in [1.807, 2.05) is 12.1 Å². The van der Waals surface area contributed by atoms with Crippen LogP contribution in [0.3, 0.4) is 0 Å². The molecule has 2 aromatic rings. The van der Waals surface area contributed by atoms with Crippen LogP contribution in [0.4, 0.5) is 0 Å². The molecule has 0 aliphatic rings. The zero-order valence-electron chi connectivity index (χ0n) is 9.12. The third kappa shape index (κ3) is 2.76. The minimum Gasteiger partial charge on any atom is -0.260 e. The number of benzene rings is 1. The maximum Gasteiger partial charge on any atom is 0.0774 e. The van der Waals surface area contributed by atoms with Gasteiger partial charge in [0.15, 0.2) is 0 Å². The monoisotopic (exact) mass is 296 g/mol. The van der Waals surface area contributed by atoms with Gasteiger partial charge in [0.05, 0.1) is 33.3 Å². The van der Waals surface area contributed by atoms with Gasteiger partial charge < -0.3 is 0 Å². The molecule has 1 aromatic heterocycles. The van der Waals surface area contributed by atoms with E-state index >= 15 is 0 Å². The predicted molar refractivity (Wildman–Crippen MR) is 74.0 cm³/mol. The van der Waals surface area contributed by atoms with Gasteiger partial charge in [0.1, 0.15) is 0 Å². The second kappa shape index (κ2) is 5.58. The molecule has 0 spiro atoms. The molecule has 0 aliphatic carbocycles. The lowest BCUT2D eigenvalue weighted by atomic mass is 10.1. The van der Waals surface area contributed by atoms with Crippen molar-refractivity contribution in [3.63, 3.8) is 0 Å². The van der Waals surface area contributed by atoms with Crippen LogP contribution < -0.4 is 0 Å². The summed E-state index contributed by atoms with van der Waals surface area (Å²) in [4.78, 5) is 4.18. The summed E-state index contributed by atoms with van der Waals surface area (Å²) in [5.41, 5.74) is 2.32. The van der Waals surface area contributed by atoms with Crippen molar-refractivity contribution in [3.8, 4) is 17.2 Å². The molecule has 18 heavy (non-hydrogen) atoms. The van der Waals surface area contributed by atoms with Crippen LogP contribution in [0.1, 0.15) is 5.69 Å². The molecule has 0 amide bonds. The number of halogens is 3. The van der Waals surface area contributed by atoms with Crippen LogP contribution in [0.2, 0.25) is 15.1 Å². The van der Waals surface area contributed by atoms with E-state index < -0.39 is 0 Å². The summed E-state index contributed by atoms with van der Waals surface area (Å²) in [5, 5.41) is 9.95. The summed E-state index contributed by atoms with van der Waals surface area (Å²) in [6, 6.07) is 8.99. The SMILES string of the molecule is N#CCc1ccc(-c2cc(Cl)c(Cl)cc2Cl)cn1. The van der Waals surface area contributed by atoms with Gasteiger partial charge in [-0.15, -0.1) is 0 Å². The Balaban J connectivity index is 2.43. The van der Waals surface area contributed by atoms with E-state index in [0.717, 1.165) is 16.8 Å². The molecule has 1 heterocycles.